The van der Waals surface area contributed by atoms with E-state index in [-0.39, 0.29) is 32.7 Å². The van der Waals surface area contributed by atoms with Crippen LogP contribution in [0.3, 0.4) is 0 Å². The molecule has 0 heterocycles. The van der Waals surface area contributed by atoms with E-state index in [0.29, 0.717) is 0 Å². The maximum Gasteiger partial charge on any atom is 0.0848 e. The van der Waals surface area contributed by atoms with Gasteiger partial charge in [-0.15, -0.1) is 0 Å². The van der Waals surface area contributed by atoms with E-state index in [1.165, 1.54) is 0 Å². The van der Waals surface area contributed by atoms with Crippen LogP contribution in [0.4, 0.5) is 0 Å². The minimum atomic E-state index is -0.560. The Labute approximate surface area is 111 Å². The fraction of sp³-hybridized carbons (Fsp3) is 0.417. The summed E-state index contributed by atoms with van der Waals surface area (Å²) < 4.78 is 0. The molecule has 0 saturated heterocycles. The smallest absolute Gasteiger partial charge is 0.0848 e. The summed E-state index contributed by atoms with van der Waals surface area (Å²) in [5, 5.41) is 10.3. The van der Waals surface area contributed by atoms with Crippen LogP contribution in [0.2, 0.25) is 0 Å². The van der Waals surface area contributed by atoms with Crippen molar-refractivity contribution in [2.24, 2.45) is 0 Å². The van der Waals surface area contributed by atoms with E-state index in [9.17, 15) is 5.11 Å². The Hall–Kier alpha value is 0.284. The summed E-state index contributed by atoms with van der Waals surface area (Å²) in [6, 6.07) is 10.0. The zero-order chi connectivity index (χ0) is 9.15. The third-order valence-corrected chi connectivity index (χ3v) is 2.84. The monoisotopic (exact) mass is 264 g/mol. The Morgan fingerprint density at radius 1 is 1.07 bits per heavy atom. The van der Waals surface area contributed by atoms with E-state index < -0.39 is 5.60 Å². The van der Waals surface area contributed by atoms with Crippen molar-refractivity contribution < 1.29 is 37.8 Å². The van der Waals surface area contributed by atoms with Gasteiger partial charge in [-0.2, -0.15) is 12.8 Å². The Bertz CT molecular complexity index is 265. The van der Waals surface area contributed by atoms with E-state index in [0.717, 1.165) is 31.2 Å². The molecule has 1 aromatic carbocycles. The van der Waals surface area contributed by atoms with Gasteiger partial charge in [-0.05, 0) is 18.4 Å². The van der Waals surface area contributed by atoms with Crippen LogP contribution in [0.25, 0.3) is 0 Å². The average Bonchev–Trinajstić information content (AvgIpc) is 2.20. The Kier molecular flexibility index (Phi) is 4.76. The van der Waals surface area contributed by atoms with Gasteiger partial charge in [-0.3, -0.25) is 0 Å². The van der Waals surface area contributed by atoms with Crippen molar-refractivity contribution in [2.75, 3.05) is 0 Å². The van der Waals surface area contributed by atoms with Gasteiger partial charge in [0.1, 0.15) is 0 Å². The maximum absolute atomic E-state index is 10.3. The normalized spacial score (nSPS) is 19.8. The Morgan fingerprint density at radius 2 is 1.64 bits per heavy atom. The minimum Gasteiger partial charge on any atom is -0.385 e. The Balaban J connectivity index is 0.000000980. The van der Waals surface area contributed by atoms with Crippen molar-refractivity contribution in [1.82, 2.24) is 0 Å². The predicted molar refractivity (Wildman–Crippen MR) is 53.1 cm³/mol. The molecule has 1 radical (unpaired) electrons. The fourth-order valence-electron chi connectivity index (χ4n) is 1.99. The fourth-order valence-corrected chi connectivity index (χ4v) is 1.99. The van der Waals surface area contributed by atoms with Gasteiger partial charge >= 0.3 is 0 Å². The van der Waals surface area contributed by atoms with Crippen LogP contribution >= 0.6 is 0 Å². The summed E-state index contributed by atoms with van der Waals surface area (Å²) in [5.41, 5.74) is 0.513. The molecule has 1 aliphatic carbocycles. The van der Waals surface area contributed by atoms with Crippen LogP contribution in [0.1, 0.15) is 31.2 Å². The largest absolute Gasteiger partial charge is 0.385 e. The van der Waals surface area contributed by atoms with Gasteiger partial charge in [-0.25, -0.2) is 0 Å². The molecular formula is C12H15OY-. The molecule has 1 nitrogen and oxygen atoms in total. The van der Waals surface area contributed by atoms with Crippen molar-refractivity contribution in [3.63, 3.8) is 0 Å². The van der Waals surface area contributed by atoms with E-state index in [4.69, 9.17) is 0 Å². The van der Waals surface area contributed by atoms with Crippen molar-refractivity contribution in [3.05, 3.63) is 42.3 Å². The molecule has 0 amide bonds. The molecule has 0 spiro atoms. The molecule has 0 bridgehead atoms. The summed E-state index contributed by atoms with van der Waals surface area (Å²) in [6.07, 6.45) is 6.07. The summed E-state index contributed by atoms with van der Waals surface area (Å²) in [5.74, 6) is 0. The van der Waals surface area contributed by atoms with Crippen LogP contribution in [0.15, 0.2) is 30.3 Å². The van der Waals surface area contributed by atoms with Gasteiger partial charge in [0.05, 0.1) is 5.60 Å². The van der Waals surface area contributed by atoms with Crippen LogP contribution in [-0.2, 0) is 38.3 Å². The molecule has 73 valence electrons. The molecule has 1 aromatic rings. The first-order chi connectivity index (χ1) is 6.31. The molecule has 0 aliphatic heterocycles. The predicted octanol–water partition coefficient (Wildman–Crippen LogP) is 2.65. The average molecular weight is 264 g/mol. The van der Waals surface area contributed by atoms with Crippen LogP contribution < -0.4 is 0 Å². The molecule has 0 aromatic heterocycles. The number of benzene rings is 1. The van der Waals surface area contributed by atoms with E-state index in [1.54, 1.807) is 0 Å². The van der Waals surface area contributed by atoms with Gasteiger partial charge in [0.25, 0.3) is 0 Å². The van der Waals surface area contributed by atoms with Gasteiger partial charge in [0, 0.05) is 32.7 Å². The third kappa shape index (κ3) is 2.65. The Morgan fingerprint density at radius 3 is 2.21 bits per heavy atom. The quantitative estimate of drug-likeness (QED) is 0.773. The molecule has 2 rings (SSSR count). The minimum absolute atomic E-state index is 0. The first-order valence-electron chi connectivity index (χ1n) is 4.91. The van der Waals surface area contributed by atoms with E-state index in [1.807, 2.05) is 30.3 Å². The third-order valence-electron chi connectivity index (χ3n) is 2.84. The summed E-state index contributed by atoms with van der Waals surface area (Å²) in [6.45, 7) is 0. The molecule has 0 unspecified atom stereocenters. The first-order valence-corrected chi connectivity index (χ1v) is 4.91. The zero-order valence-electron chi connectivity index (χ0n) is 8.32. The molecule has 0 atom stereocenters. The molecular weight excluding hydrogens is 249 g/mol. The van der Waals surface area contributed by atoms with Gasteiger partial charge in [0.2, 0.25) is 0 Å². The second-order valence-corrected chi connectivity index (χ2v) is 3.76. The molecule has 1 fully saturated rings. The van der Waals surface area contributed by atoms with Gasteiger partial charge < -0.3 is 11.5 Å². The number of aliphatic hydroxyl groups is 1. The van der Waals surface area contributed by atoms with Crippen LogP contribution in [0, 0.1) is 6.42 Å². The molecule has 14 heavy (non-hydrogen) atoms. The van der Waals surface area contributed by atoms with Crippen molar-refractivity contribution in [2.45, 2.75) is 31.3 Å². The molecule has 1 saturated carbocycles. The van der Waals surface area contributed by atoms with Gasteiger partial charge in [-0.1, -0.05) is 30.3 Å². The van der Waals surface area contributed by atoms with Crippen molar-refractivity contribution >= 4 is 0 Å². The van der Waals surface area contributed by atoms with Crippen molar-refractivity contribution in [3.8, 4) is 0 Å². The molecule has 1 N–H and O–H groups in total. The van der Waals surface area contributed by atoms with E-state index in [2.05, 4.69) is 6.42 Å². The second-order valence-electron chi connectivity index (χ2n) is 3.76. The first kappa shape index (κ1) is 12.4. The van der Waals surface area contributed by atoms with Crippen LogP contribution in [-0.4, -0.2) is 5.11 Å². The summed E-state index contributed by atoms with van der Waals surface area (Å²) in [7, 11) is 0. The van der Waals surface area contributed by atoms with E-state index >= 15 is 0 Å². The van der Waals surface area contributed by atoms with Crippen LogP contribution in [0.5, 0.6) is 0 Å². The zero-order valence-corrected chi connectivity index (χ0v) is 11.2. The second kappa shape index (κ2) is 5.39. The van der Waals surface area contributed by atoms with Crippen molar-refractivity contribution in [1.29, 1.82) is 0 Å². The topological polar surface area (TPSA) is 20.2 Å². The standard InChI is InChI=1S/C12H15O.Y/c13-12(9-5-2-6-10-12)11-7-3-1-4-8-11;/h1-4,7-8,13H,5-6,9-10H2;/q-1;. The molecule has 1 aliphatic rings. The number of hydrogen-bond acceptors (Lipinski definition) is 1. The van der Waals surface area contributed by atoms with Gasteiger partial charge in [0.15, 0.2) is 0 Å². The number of rotatable bonds is 1. The number of hydrogen-bond donors (Lipinski definition) is 1. The molecule has 2 heteroatoms. The summed E-state index contributed by atoms with van der Waals surface area (Å²) >= 11 is 0. The SMILES string of the molecule is OC1(c2ccccc2)CC[CH-]CC1.[Y]. The maximum atomic E-state index is 10.3. The summed E-state index contributed by atoms with van der Waals surface area (Å²) in [4.78, 5) is 0.